The summed E-state index contributed by atoms with van der Waals surface area (Å²) in [5.74, 6) is -0.629. The maximum Gasteiger partial charge on any atom is 0.168 e. The highest BCUT2D eigenvalue weighted by Gasteiger charge is 2.36. The fraction of sp³-hybridized carbons (Fsp3) is 0.647. The summed E-state index contributed by atoms with van der Waals surface area (Å²) >= 11 is 0. The first kappa shape index (κ1) is 18.9. The van der Waals surface area contributed by atoms with Gasteiger partial charge in [0.1, 0.15) is 0 Å². The molecule has 1 heterocycles. The van der Waals surface area contributed by atoms with Crippen molar-refractivity contribution in [2.45, 2.75) is 46.0 Å². The van der Waals surface area contributed by atoms with Crippen LogP contribution in [0.3, 0.4) is 0 Å². The van der Waals surface area contributed by atoms with E-state index in [2.05, 4.69) is 5.48 Å². The molecule has 2 aliphatic rings. The maximum atomic E-state index is 12.5. The van der Waals surface area contributed by atoms with Crippen LogP contribution in [0.15, 0.2) is 22.9 Å². The van der Waals surface area contributed by atoms with Gasteiger partial charge >= 0.3 is 0 Å². The first-order valence-corrected chi connectivity index (χ1v) is 10.3. The van der Waals surface area contributed by atoms with Gasteiger partial charge in [0.2, 0.25) is 0 Å². The van der Waals surface area contributed by atoms with Gasteiger partial charge in [-0.25, -0.2) is 8.42 Å². The van der Waals surface area contributed by atoms with E-state index in [1.54, 1.807) is 0 Å². The summed E-state index contributed by atoms with van der Waals surface area (Å²) in [6, 6.07) is 0. The van der Waals surface area contributed by atoms with E-state index in [0.717, 1.165) is 12.0 Å². The molecule has 6 nitrogen and oxygen atoms in total. The van der Waals surface area contributed by atoms with E-state index < -0.39 is 9.84 Å². The number of hydrogen-bond donors (Lipinski definition) is 1. The van der Waals surface area contributed by atoms with Crippen molar-refractivity contribution in [3.05, 3.63) is 22.9 Å². The number of ketones is 2. The highest BCUT2D eigenvalue weighted by Crippen LogP contribution is 2.33. The average molecular weight is 355 g/mol. The summed E-state index contributed by atoms with van der Waals surface area (Å²) in [7, 11) is -3.10. The Morgan fingerprint density at radius 3 is 2.46 bits per heavy atom. The molecule has 1 aliphatic heterocycles. The molecule has 1 fully saturated rings. The van der Waals surface area contributed by atoms with Crippen LogP contribution in [0.5, 0.6) is 0 Å². The van der Waals surface area contributed by atoms with E-state index in [9.17, 15) is 18.0 Å². The topological polar surface area (TPSA) is 89.5 Å². The molecule has 24 heavy (non-hydrogen) atoms. The zero-order valence-electron chi connectivity index (χ0n) is 14.3. The molecule has 134 valence electrons. The van der Waals surface area contributed by atoms with Crippen LogP contribution >= 0.6 is 0 Å². The zero-order valence-corrected chi connectivity index (χ0v) is 15.1. The molecule has 0 spiro atoms. The highest BCUT2D eigenvalue weighted by atomic mass is 32.2. The lowest BCUT2D eigenvalue weighted by Crippen LogP contribution is -2.33. The van der Waals surface area contributed by atoms with Crippen molar-refractivity contribution in [2.24, 2.45) is 5.92 Å². The van der Waals surface area contributed by atoms with Crippen LogP contribution in [0.2, 0.25) is 0 Å². The van der Waals surface area contributed by atoms with Gasteiger partial charge in [-0.15, -0.1) is 0 Å². The summed E-state index contributed by atoms with van der Waals surface area (Å²) in [4.78, 5) is 30.3. The molecule has 0 unspecified atom stereocenters. The number of rotatable bonds is 6. The standard InChI is InChI=1S/C17H25NO5S/c1-3-6-14(18-23-4-2)17-15(19)9-13(10-16(17)20)12-7-5-8-24(21,22)11-12/h7,13,18H,3-6,8-11H2,1-2H3. The fourth-order valence-electron chi connectivity index (χ4n) is 3.21. The maximum absolute atomic E-state index is 12.5. The van der Waals surface area contributed by atoms with Crippen molar-refractivity contribution >= 4 is 21.4 Å². The number of carbonyl (C=O) groups excluding carboxylic acids is 2. The molecule has 0 aromatic heterocycles. The van der Waals surface area contributed by atoms with Gasteiger partial charge in [-0.05, 0) is 25.7 Å². The van der Waals surface area contributed by atoms with Gasteiger partial charge in [0.15, 0.2) is 21.4 Å². The molecule has 0 bridgehead atoms. The summed E-state index contributed by atoms with van der Waals surface area (Å²) in [6.45, 7) is 4.21. The molecule has 1 saturated carbocycles. The Labute approximate surface area is 143 Å². The summed E-state index contributed by atoms with van der Waals surface area (Å²) in [5, 5.41) is 0. The molecule has 2 rings (SSSR count). The number of hydrogen-bond acceptors (Lipinski definition) is 6. The molecule has 0 aromatic rings. The number of hydroxylamine groups is 1. The van der Waals surface area contributed by atoms with Crippen LogP contribution in [0.25, 0.3) is 0 Å². The molecule has 0 amide bonds. The van der Waals surface area contributed by atoms with Crippen molar-refractivity contribution in [3.8, 4) is 0 Å². The molecule has 1 N–H and O–H groups in total. The van der Waals surface area contributed by atoms with Gasteiger partial charge in [0, 0.05) is 12.8 Å². The molecule has 7 heteroatoms. The second kappa shape index (κ2) is 8.07. The summed E-state index contributed by atoms with van der Waals surface area (Å²) in [6.07, 6.45) is 4.06. The number of nitrogens with one attached hydrogen (secondary N) is 1. The first-order chi connectivity index (χ1) is 11.4. The SMILES string of the molecule is CCCC(NOCC)=C1C(=O)CC(C2=CCCS(=O)(=O)C2)CC1=O. The number of sulfone groups is 1. The van der Waals surface area contributed by atoms with Crippen molar-refractivity contribution in [1.82, 2.24) is 5.48 Å². The molecule has 0 aromatic carbocycles. The second-order valence-corrected chi connectivity index (χ2v) is 8.43. The van der Waals surface area contributed by atoms with E-state index in [1.165, 1.54) is 0 Å². The van der Waals surface area contributed by atoms with E-state index in [-0.39, 0.29) is 47.4 Å². The summed E-state index contributed by atoms with van der Waals surface area (Å²) in [5.41, 5.74) is 4.19. The third-order valence-electron chi connectivity index (χ3n) is 4.31. The number of allylic oxidation sites excluding steroid dienone is 3. The Morgan fingerprint density at radius 2 is 1.92 bits per heavy atom. The molecule has 0 atom stereocenters. The smallest absolute Gasteiger partial charge is 0.168 e. The lowest BCUT2D eigenvalue weighted by Gasteiger charge is -2.27. The molecule has 0 radical (unpaired) electrons. The Morgan fingerprint density at radius 1 is 1.25 bits per heavy atom. The van der Waals surface area contributed by atoms with Crippen molar-refractivity contribution in [3.63, 3.8) is 0 Å². The molecule has 1 aliphatic carbocycles. The van der Waals surface area contributed by atoms with Crippen LogP contribution in [-0.2, 0) is 24.3 Å². The largest absolute Gasteiger partial charge is 0.294 e. The van der Waals surface area contributed by atoms with Crippen LogP contribution in [0, 0.1) is 5.92 Å². The van der Waals surface area contributed by atoms with Gasteiger partial charge in [0.05, 0.1) is 29.4 Å². The Kier molecular flexibility index (Phi) is 6.34. The lowest BCUT2D eigenvalue weighted by molar-refractivity contribution is -0.125. The molecular weight excluding hydrogens is 330 g/mol. The Balaban J connectivity index is 2.21. The van der Waals surface area contributed by atoms with E-state index in [0.29, 0.717) is 25.1 Å². The van der Waals surface area contributed by atoms with Crippen LogP contribution in [0.1, 0.15) is 46.0 Å². The van der Waals surface area contributed by atoms with E-state index >= 15 is 0 Å². The van der Waals surface area contributed by atoms with Crippen LogP contribution in [0.4, 0.5) is 0 Å². The van der Waals surface area contributed by atoms with Crippen molar-refractivity contribution in [2.75, 3.05) is 18.1 Å². The lowest BCUT2D eigenvalue weighted by atomic mass is 9.79. The number of carbonyl (C=O) groups is 2. The predicted octanol–water partition coefficient (Wildman–Crippen LogP) is 1.87. The van der Waals surface area contributed by atoms with E-state index in [4.69, 9.17) is 4.84 Å². The van der Waals surface area contributed by atoms with Crippen LogP contribution < -0.4 is 5.48 Å². The minimum absolute atomic E-state index is 0.0315. The first-order valence-electron chi connectivity index (χ1n) is 8.44. The van der Waals surface area contributed by atoms with Crippen LogP contribution in [-0.4, -0.2) is 38.1 Å². The average Bonchev–Trinajstić information content (AvgIpc) is 2.50. The van der Waals surface area contributed by atoms with Crippen molar-refractivity contribution < 1.29 is 22.8 Å². The van der Waals surface area contributed by atoms with Gasteiger partial charge in [-0.1, -0.05) is 25.0 Å². The van der Waals surface area contributed by atoms with Gasteiger partial charge in [-0.3, -0.25) is 19.9 Å². The van der Waals surface area contributed by atoms with Crippen molar-refractivity contribution in [1.29, 1.82) is 0 Å². The van der Waals surface area contributed by atoms with Gasteiger partial charge in [0.25, 0.3) is 0 Å². The minimum Gasteiger partial charge on any atom is -0.294 e. The number of Topliss-reactive ketones (excluding diaryl/α,β-unsaturated/α-hetero) is 2. The van der Waals surface area contributed by atoms with Gasteiger partial charge in [-0.2, -0.15) is 0 Å². The predicted molar refractivity (Wildman–Crippen MR) is 90.8 cm³/mol. The minimum atomic E-state index is -3.10. The normalized spacial score (nSPS) is 23.8. The summed E-state index contributed by atoms with van der Waals surface area (Å²) < 4.78 is 23.6. The highest BCUT2D eigenvalue weighted by molar-refractivity contribution is 7.91. The molecular formula is C17H25NO5S. The Hall–Kier alpha value is -1.47. The van der Waals surface area contributed by atoms with Gasteiger partial charge < -0.3 is 0 Å². The Bertz CT molecular complexity index is 655. The molecule has 0 saturated heterocycles. The monoisotopic (exact) mass is 355 g/mol. The third-order valence-corrected chi connectivity index (χ3v) is 5.94. The third kappa shape index (κ3) is 4.54. The quantitative estimate of drug-likeness (QED) is 0.339. The fourth-order valence-corrected chi connectivity index (χ4v) is 4.69. The van der Waals surface area contributed by atoms with E-state index in [1.807, 2.05) is 19.9 Å². The second-order valence-electron chi connectivity index (χ2n) is 6.25. The zero-order chi connectivity index (χ0) is 17.7.